The Morgan fingerprint density at radius 1 is 1.20 bits per heavy atom. The van der Waals surface area contributed by atoms with Crippen LogP contribution in [0.15, 0.2) is 18.2 Å². The number of carbonyl (C=O) groups is 1. The second-order valence-electron chi connectivity index (χ2n) is 5.26. The van der Waals surface area contributed by atoms with Gasteiger partial charge in [0.25, 0.3) is 0 Å². The van der Waals surface area contributed by atoms with Gasteiger partial charge in [0.05, 0.1) is 6.54 Å². The van der Waals surface area contributed by atoms with Crippen LogP contribution in [0.3, 0.4) is 0 Å². The monoisotopic (exact) mass is 333 g/mol. The molecular formula is C13H17Cl2N3OS. The Morgan fingerprint density at radius 2 is 1.75 bits per heavy atom. The molecule has 0 aliphatic carbocycles. The van der Waals surface area contributed by atoms with Crippen LogP contribution in [-0.2, 0) is 4.79 Å². The minimum atomic E-state index is -0.270. The number of benzene rings is 1. The van der Waals surface area contributed by atoms with Gasteiger partial charge < -0.3 is 16.0 Å². The Kier molecular flexibility index (Phi) is 6.05. The number of anilines is 1. The topological polar surface area (TPSA) is 53.2 Å². The maximum atomic E-state index is 11.6. The molecule has 1 rings (SSSR count). The highest BCUT2D eigenvalue weighted by Gasteiger charge is 2.13. The molecule has 20 heavy (non-hydrogen) atoms. The fraction of sp³-hybridized carbons (Fsp3) is 0.385. The molecule has 0 aliphatic heterocycles. The highest BCUT2D eigenvalue weighted by Crippen LogP contribution is 2.22. The molecule has 110 valence electrons. The van der Waals surface area contributed by atoms with Crippen molar-refractivity contribution in [3.05, 3.63) is 28.2 Å². The highest BCUT2D eigenvalue weighted by molar-refractivity contribution is 7.80. The van der Waals surface area contributed by atoms with E-state index in [0.717, 1.165) is 0 Å². The summed E-state index contributed by atoms with van der Waals surface area (Å²) in [4.78, 5) is 11.6. The standard InChI is InChI=1S/C13H17Cl2N3OS/c1-13(2,3)18-11(19)7-16-12(20)17-10-5-8(14)4-9(15)6-10/h4-6H,7H2,1-3H3,(H,18,19)(H2,16,17,20). The summed E-state index contributed by atoms with van der Waals surface area (Å²) in [6.07, 6.45) is 0. The van der Waals surface area contributed by atoms with Gasteiger partial charge in [-0.05, 0) is 51.2 Å². The maximum Gasteiger partial charge on any atom is 0.239 e. The quantitative estimate of drug-likeness (QED) is 0.743. The van der Waals surface area contributed by atoms with Gasteiger partial charge >= 0.3 is 0 Å². The van der Waals surface area contributed by atoms with E-state index in [9.17, 15) is 4.79 Å². The van der Waals surface area contributed by atoms with Crippen molar-refractivity contribution >= 4 is 52.1 Å². The molecule has 0 saturated carbocycles. The van der Waals surface area contributed by atoms with E-state index in [1.807, 2.05) is 20.8 Å². The fourth-order valence-electron chi connectivity index (χ4n) is 1.42. The summed E-state index contributed by atoms with van der Waals surface area (Å²) in [5, 5.41) is 9.89. The number of hydrogen-bond donors (Lipinski definition) is 3. The number of nitrogens with one attached hydrogen (secondary N) is 3. The van der Waals surface area contributed by atoms with E-state index < -0.39 is 0 Å². The molecule has 0 aromatic heterocycles. The Hall–Kier alpha value is -1.04. The van der Waals surface area contributed by atoms with Crippen LogP contribution in [0, 0.1) is 0 Å². The van der Waals surface area contributed by atoms with Gasteiger partial charge in [-0.25, -0.2) is 0 Å². The van der Waals surface area contributed by atoms with Crippen molar-refractivity contribution in [2.45, 2.75) is 26.3 Å². The molecule has 1 amide bonds. The van der Waals surface area contributed by atoms with Crippen molar-refractivity contribution in [2.24, 2.45) is 0 Å². The average molecular weight is 334 g/mol. The molecule has 0 saturated heterocycles. The number of carbonyl (C=O) groups excluding carboxylic acids is 1. The summed E-state index contributed by atoms with van der Waals surface area (Å²) < 4.78 is 0. The maximum absolute atomic E-state index is 11.6. The molecule has 0 heterocycles. The third-order valence-corrected chi connectivity index (χ3v) is 2.73. The van der Waals surface area contributed by atoms with Gasteiger partial charge in [-0.1, -0.05) is 23.2 Å². The number of rotatable bonds is 3. The molecule has 0 aliphatic rings. The summed E-state index contributed by atoms with van der Waals surface area (Å²) in [5.41, 5.74) is 0.394. The molecule has 7 heteroatoms. The third-order valence-electron chi connectivity index (χ3n) is 2.04. The van der Waals surface area contributed by atoms with Crippen molar-refractivity contribution in [3.63, 3.8) is 0 Å². The first-order valence-corrected chi connectivity index (χ1v) is 7.14. The molecule has 0 spiro atoms. The van der Waals surface area contributed by atoms with Crippen molar-refractivity contribution < 1.29 is 4.79 Å². The number of hydrogen-bond acceptors (Lipinski definition) is 2. The summed E-state index contributed by atoms with van der Waals surface area (Å²) in [7, 11) is 0. The Morgan fingerprint density at radius 3 is 2.25 bits per heavy atom. The van der Waals surface area contributed by atoms with Crippen LogP contribution < -0.4 is 16.0 Å². The summed E-state index contributed by atoms with van der Waals surface area (Å²) >= 11 is 16.9. The van der Waals surface area contributed by atoms with Crippen LogP contribution in [0.25, 0.3) is 0 Å². The molecule has 0 fully saturated rings. The zero-order valence-electron chi connectivity index (χ0n) is 11.5. The van der Waals surface area contributed by atoms with E-state index >= 15 is 0 Å². The van der Waals surface area contributed by atoms with Crippen LogP contribution in [0.2, 0.25) is 10.0 Å². The zero-order valence-corrected chi connectivity index (χ0v) is 13.8. The lowest BCUT2D eigenvalue weighted by atomic mass is 10.1. The molecule has 0 radical (unpaired) electrons. The van der Waals surface area contributed by atoms with Gasteiger partial charge in [0.1, 0.15) is 0 Å². The lowest BCUT2D eigenvalue weighted by Gasteiger charge is -2.21. The SMILES string of the molecule is CC(C)(C)NC(=O)CNC(=S)Nc1cc(Cl)cc(Cl)c1. The average Bonchev–Trinajstić information content (AvgIpc) is 2.22. The molecule has 0 unspecified atom stereocenters. The lowest BCUT2D eigenvalue weighted by molar-refractivity contribution is -0.121. The smallest absolute Gasteiger partial charge is 0.239 e. The summed E-state index contributed by atoms with van der Waals surface area (Å²) in [6.45, 7) is 5.83. The van der Waals surface area contributed by atoms with Crippen LogP contribution in [-0.4, -0.2) is 23.1 Å². The van der Waals surface area contributed by atoms with E-state index in [1.54, 1.807) is 18.2 Å². The number of amides is 1. The summed E-state index contributed by atoms with van der Waals surface area (Å²) in [6, 6.07) is 5.01. The third kappa shape index (κ3) is 6.93. The Labute approximate surface area is 134 Å². The predicted molar refractivity (Wildman–Crippen MR) is 88.6 cm³/mol. The molecule has 4 nitrogen and oxygen atoms in total. The van der Waals surface area contributed by atoms with E-state index in [4.69, 9.17) is 35.4 Å². The van der Waals surface area contributed by atoms with E-state index in [1.165, 1.54) is 0 Å². The zero-order chi connectivity index (χ0) is 15.3. The predicted octanol–water partition coefficient (Wildman–Crippen LogP) is 3.19. The van der Waals surface area contributed by atoms with Crippen molar-refractivity contribution in [1.29, 1.82) is 0 Å². The lowest BCUT2D eigenvalue weighted by Crippen LogP contribution is -2.46. The van der Waals surface area contributed by atoms with E-state index in [0.29, 0.717) is 20.8 Å². The first kappa shape index (κ1) is 17.0. The van der Waals surface area contributed by atoms with Crippen LogP contribution in [0.5, 0.6) is 0 Å². The second kappa shape index (κ2) is 7.11. The number of halogens is 2. The Balaban J connectivity index is 2.46. The van der Waals surface area contributed by atoms with E-state index in [2.05, 4.69) is 16.0 Å². The van der Waals surface area contributed by atoms with Crippen LogP contribution in [0.1, 0.15) is 20.8 Å². The number of thiocarbonyl (C=S) groups is 1. The molecule has 0 atom stereocenters. The van der Waals surface area contributed by atoms with Crippen molar-refractivity contribution in [1.82, 2.24) is 10.6 Å². The van der Waals surface area contributed by atoms with Crippen LogP contribution in [0.4, 0.5) is 5.69 Å². The van der Waals surface area contributed by atoms with Gasteiger partial charge in [-0.2, -0.15) is 0 Å². The first-order chi connectivity index (χ1) is 9.15. The van der Waals surface area contributed by atoms with Gasteiger partial charge in [-0.15, -0.1) is 0 Å². The Bertz CT molecular complexity index is 495. The largest absolute Gasteiger partial charge is 0.353 e. The van der Waals surface area contributed by atoms with Crippen molar-refractivity contribution in [3.8, 4) is 0 Å². The molecule has 3 N–H and O–H groups in total. The molecule has 1 aromatic carbocycles. The summed E-state index contributed by atoms with van der Waals surface area (Å²) in [5.74, 6) is -0.134. The molecular weight excluding hydrogens is 317 g/mol. The van der Waals surface area contributed by atoms with Crippen LogP contribution >= 0.6 is 35.4 Å². The van der Waals surface area contributed by atoms with Gasteiger partial charge in [0.2, 0.25) is 5.91 Å². The molecule has 0 bridgehead atoms. The van der Waals surface area contributed by atoms with Gasteiger partial charge in [0.15, 0.2) is 5.11 Å². The van der Waals surface area contributed by atoms with Gasteiger partial charge in [0, 0.05) is 21.3 Å². The normalized spacial score (nSPS) is 10.8. The minimum absolute atomic E-state index is 0.0946. The fourth-order valence-corrected chi connectivity index (χ4v) is 2.14. The second-order valence-corrected chi connectivity index (χ2v) is 6.55. The highest BCUT2D eigenvalue weighted by atomic mass is 35.5. The minimum Gasteiger partial charge on any atom is -0.353 e. The van der Waals surface area contributed by atoms with Gasteiger partial charge in [-0.3, -0.25) is 4.79 Å². The van der Waals surface area contributed by atoms with E-state index in [-0.39, 0.29) is 18.0 Å². The molecule has 1 aromatic rings. The first-order valence-electron chi connectivity index (χ1n) is 5.98. The van der Waals surface area contributed by atoms with Crippen molar-refractivity contribution in [2.75, 3.05) is 11.9 Å².